The van der Waals surface area contributed by atoms with Gasteiger partial charge in [0.05, 0.1) is 24.2 Å². The van der Waals surface area contributed by atoms with Crippen LogP contribution in [0.1, 0.15) is 11.1 Å². The van der Waals surface area contributed by atoms with Crippen molar-refractivity contribution in [1.82, 2.24) is 4.98 Å². The molecule has 0 amide bonds. The first-order valence-electron chi connectivity index (χ1n) is 6.14. The zero-order valence-corrected chi connectivity index (χ0v) is 11.4. The molecular weight excluding hydrogens is 276 g/mol. The lowest BCUT2D eigenvalue weighted by Gasteiger charge is -2.10. The molecule has 0 spiro atoms. The van der Waals surface area contributed by atoms with Gasteiger partial charge in [-0.2, -0.15) is 0 Å². The molecule has 0 aliphatic carbocycles. The van der Waals surface area contributed by atoms with Crippen molar-refractivity contribution >= 4 is 5.69 Å². The van der Waals surface area contributed by atoms with Crippen molar-refractivity contribution in [1.29, 1.82) is 0 Å². The summed E-state index contributed by atoms with van der Waals surface area (Å²) in [5.41, 5.74) is 0.943. The maximum absolute atomic E-state index is 11.0. The van der Waals surface area contributed by atoms with Crippen LogP contribution < -0.4 is 9.47 Å². The molecule has 0 radical (unpaired) electrons. The number of hydrogen-bond donors (Lipinski definition) is 1. The molecule has 1 aromatic heterocycles. The van der Waals surface area contributed by atoms with E-state index in [1.54, 1.807) is 24.4 Å². The van der Waals surface area contributed by atoms with E-state index in [9.17, 15) is 10.1 Å². The predicted molar refractivity (Wildman–Crippen MR) is 74.1 cm³/mol. The van der Waals surface area contributed by atoms with Crippen LogP contribution in [-0.2, 0) is 13.2 Å². The van der Waals surface area contributed by atoms with Gasteiger partial charge in [-0.25, -0.2) is 4.98 Å². The van der Waals surface area contributed by atoms with E-state index in [0.717, 1.165) is 0 Å². The molecule has 1 aromatic carbocycles. The zero-order chi connectivity index (χ0) is 15.2. The summed E-state index contributed by atoms with van der Waals surface area (Å²) in [5, 5.41) is 20.1. The van der Waals surface area contributed by atoms with Gasteiger partial charge < -0.3 is 14.6 Å². The smallest absolute Gasteiger partial charge is 0.311 e. The Labute approximate surface area is 120 Å². The lowest BCUT2D eigenvalue weighted by molar-refractivity contribution is -0.386. The van der Waals surface area contributed by atoms with Gasteiger partial charge in [0.15, 0.2) is 5.75 Å². The summed E-state index contributed by atoms with van der Waals surface area (Å²) >= 11 is 0. The molecular formula is C14H14N2O5. The largest absolute Gasteiger partial charge is 0.482 e. The molecule has 1 N–H and O–H groups in total. The molecule has 0 saturated carbocycles. The van der Waals surface area contributed by atoms with Crippen molar-refractivity contribution < 1.29 is 19.5 Å². The summed E-state index contributed by atoms with van der Waals surface area (Å²) in [6.45, 7) is -0.173. The van der Waals surface area contributed by atoms with Crippen LogP contribution in [0.25, 0.3) is 0 Å². The van der Waals surface area contributed by atoms with Crippen LogP contribution in [0.4, 0.5) is 5.69 Å². The molecule has 0 fully saturated rings. The van der Waals surface area contributed by atoms with Gasteiger partial charge in [0.25, 0.3) is 0 Å². The second-order valence-corrected chi connectivity index (χ2v) is 4.18. The summed E-state index contributed by atoms with van der Waals surface area (Å²) in [6, 6.07) is 7.81. The Bertz CT molecular complexity index is 645. The number of rotatable bonds is 6. The van der Waals surface area contributed by atoms with Gasteiger partial charge in [0, 0.05) is 12.3 Å². The fourth-order valence-electron chi connectivity index (χ4n) is 1.80. The van der Waals surface area contributed by atoms with E-state index in [2.05, 4.69) is 4.98 Å². The first kappa shape index (κ1) is 14.7. The maximum atomic E-state index is 11.0. The maximum Gasteiger partial charge on any atom is 0.311 e. The second kappa shape index (κ2) is 6.67. The SMILES string of the molecule is COc1ncccc1COc1ccc(CO)cc1[N+](=O)[O-]. The minimum absolute atomic E-state index is 0.0936. The highest BCUT2D eigenvalue weighted by Gasteiger charge is 2.16. The molecule has 0 aliphatic heterocycles. The van der Waals surface area contributed by atoms with Gasteiger partial charge in [-0.05, 0) is 23.8 Å². The number of nitrogens with zero attached hydrogens (tertiary/aromatic N) is 2. The Hall–Kier alpha value is -2.67. The summed E-state index contributed by atoms with van der Waals surface area (Å²) in [4.78, 5) is 14.5. The molecule has 2 rings (SSSR count). The number of methoxy groups -OCH3 is 1. The molecule has 0 unspecified atom stereocenters. The van der Waals surface area contributed by atoms with E-state index in [1.807, 2.05) is 0 Å². The van der Waals surface area contributed by atoms with Crippen LogP contribution in [0.15, 0.2) is 36.5 Å². The number of nitro benzene ring substituents is 1. The molecule has 2 aromatic rings. The molecule has 1 heterocycles. The fraction of sp³-hybridized carbons (Fsp3) is 0.214. The highest BCUT2D eigenvalue weighted by molar-refractivity contribution is 5.48. The molecule has 0 atom stereocenters. The van der Waals surface area contributed by atoms with E-state index in [4.69, 9.17) is 14.6 Å². The second-order valence-electron chi connectivity index (χ2n) is 4.18. The molecule has 0 bridgehead atoms. The standard InChI is InChI=1S/C14H14N2O5/c1-20-14-11(3-2-6-15-14)9-21-13-5-4-10(8-17)7-12(13)16(18)19/h2-7,17H,8-9H2,1H3. The number of aliphatic hydroxyl groups is 1. The lowest BCUT2D eigenvalue weighted by Crippen LogP contribution is -2.02. The number of pyridine rings is 1. The van der Waals surface area contributed by atoms with Crippen LogP contribution in [-0.4, -0.2) is 22.1 Å². The summed E-state index contributed by atoms with van der Waals surface area (Å²) in [6.07, 6.45) is 1.58. The molecule has 21 heavy (non-hydrogen) atoms. The van der Waals surface area contributed by atoms with Crippen molar-refractivity contribution in [3.8, 4) is 11.6 Å². The normalized spacial score (nSPS) is 10.2. The van der Waals surface area contributed by atoms with Crippen molar-refractivity contribution in [3.05, 3.63) is 57.8 Å². The van der Waals surface area contributed by atoms with Gasteiger partial charge >= 0.3 is 5.69 Å². The van der Waals surface area contributed by atoms with Crippen molar-refractivity contribution in [2.75, 3.05) is 7.11 Å². The van der Waals surface area contributed by atoms with Crippen molar-refractivity contribution in [3.63, 3.8) is 0 Å². The first-order valence-corrected chi connectivity index (χ1v) is 6.14. The molecule has 7 heteroatoms. The van der Waals surface area contributed by atoms with E-state index in [0.29, 0.717) is 17.0 Å². The third kappa shape index (κ3) is 3.46. The molecule has 110 valence electrons. The van der Waals surface area contributed by atoms with Gasteiger partial charge in [-0.1, -0.05) is 6.07 Å². The summed E-state index contributed by atoms with van der Waals surface area (Å²) in [5.74, 6) is 0.537. The topological polar surface area (TPSA) is 94.7 Å². The minimum Gasteiger partial charge on any atom is -0.482 e. The number of ether oxygens (including phenoxy) is 2. The Kier molecular flexibility index (Phi) is 4.68. The summed E-state index contributed by atoms with van der Waals surface area (Å²) < 4.78 is 10.6. The third-order valence-electron chi connectivity index (χ3n) is 2.83. The van der Waals surface area contributed by atoms with Gasteiger partial charge in [-0.15, -0.1) is 0 Å². The van der Waals surface area contributed by atoms with Gasteiger partial charge in [0.2, 0.25) is 5.88 Å². The van der Waals surface area contributed by atoms with E-state index in [-0.39, 0.29) is 24.7 Å². The third-order valence-corrected chi connectivity index (χ3v) is 2.83. The van der Waals surface area contributed by atoms with Crippen LogP contribution in [0, 0.1) is 10.1 Å². The van der Waals surface area contributed by atoms with Crippen LogP contribution >= 0.6 is 0 Å². The predicted octanol–water partition coefficient (Wildman–Crippen LogP) is 2.07. The van der Waals surface area contributed by atoms with Crippen LogP contribution in [0.2, 0.25) is 0 Å². The van der Waals surface area contributed by atoms with Crippen LogP contribution in [0.5, 0.6) is 11.6 Å². The minimum atomic E-state index is -0.547. The molecule has 0 aliphatic rings. The number of nitro groups is 1. The monoisotopic (exact) mass is 290 g/mol. The highest BCUT2D eigenvalue weighted by atomic mass is 16.6. The number of aliphatic hydroxyl groups excluding tert-OH is 1. The van der Waals surface area contributed by atoms with E-state index < -0.39 is 4.92 Å². The Morgan fingerprint density at radius 1 is 1.38 bits per heavy atom. The highest BCUT2D eigenvalue weighted by Crippen LogP contribution is 2.29. The Morgan fingerprint density at radius 2 is 2.19 bits per heavy atom. The average Bonchev–Trinajstić information content (AvgIpc) is 2.52. The van der Waals surface area contributed by atoms with Gasteiger partial charge in [-0.3, -0.25) is 10.1 Å². The lowest BCUT2D eigenvalue weighted by atomic mass is 10.2. The Balaban J connectivity index is 2.21. The quantitative estimate of drug-likeness (QED) is 0.646. The number of benzene rings is 1. The van der Waals surface area contributed by atoms with Crippen LogP contribution in [0.3, 0.4) is 0 Å². The number of aromatic nitrogens is 1. The van der Waals surface area contributed by atoms with Crippen molar-refractivity contribution in [2.24, 2.45) is 0 Å². The first-order chi connectivity index (χ1) is 10.2. The Morgan fingerprint density at radius 3 is 2.86 bits per heavy atom. The van der Waals surface area contributed by atoms with E-state index >= 15 is 0 Å². The van der Waals surface area contributed by atoms with Crippen molar-refractivity contribution in [2.45, 2.75) is 13.2 Å². The van der Waals surface area contributed by atoms with E-state index in [1.165, 1.54) is 19.2 Å². The fourth-order valence-corrected chi connectivity index (χ4v) is 1.80. The molecule has 0 saturated heterocycles. The number of hydrogen-bond acceptors (Lipinski definition) is 6. The van der Waals surface area contributed by atoms with Gasteiger partial charge in [0.1, 0.15) is 6.61 Å². The zero-order valence-electron chi connectivity index (χ0n) is 11.4. The summed E-state index contributed by atoms with van der Waals surface area (Å²) in [7, 11) is 1.49. The average molecular weight is 290 g/mol. The molecule has 7 nitrogen and oxygen atoms in total.